The van der Waals surface area contributed by atoms with E-state index in [4.69, 9.17) is 11.6 Å². The fourth-order valence-corrected chi connectivity index (χ4v) is 2.68. The molecule has 2 aromatic carbocycles. The highest BCUT2D eigenvalue weighted by Crippen LogP contribution is 2.27. The number of anilines is 1. The normalized spacial score (nSPS) is 11.5. The van der Waals surface area contributed by atoms with Gasteiger partial charge in [0.25, 0.3) is 0 Å². The molecule has 0 saturated heterocycles. The number of carbonyl (C=O) groups excluding carboxylic acids is 3. The first kappa shape index (κ1) is 19.2. The zero-order valence-electron chi connectivity index (χ0n) is 14.4. The lowest BCUT2D eigenvalue weighted by Gasteiger charge is -2.13. The number of nitrogens with one attached hydrogen (secondary N) is 3. The van der Waals surface area contributed by atoms with Crippen LogP contribution in [0.2, 0.25) is 5.02 Å². The highest BCUT2D eigenvalue weighted by Gasteiger charge is 2.21. The Kier molecular flexibility index (Phi) is 6.07. The zero-order valence-corrected chi connectivity index (χ0v) is 15.2. The van der Waals surface area contributed by atoms with Crippen molar-refractivity contribution >= 4 is 35.4 Å². The molecule has 0 bridgehead atoms. The van der Waals surface area contributed by atoms with Crippen molar-refractivity contribution in [3.05, 3.63) is 59.1 Å². The third-order valence-corrected chi connectivity index (χ3v) is 4.04. The molecule has 3 rings (SSSR count). The van der Waals surface area contributed by atoms with Crippen LogP contribution in [0, 0.1) is 0 Å². The Morgan fingerprint density at radius 1 is 1.14 bits per heavy atom. The number of hydrogen-bond acceptors (Lipinski definition) is 6. The van der Waals surface area contributed by atoms with Crippen LogP contribution in [0.1, 0.15) is 5.56 Å². The summed E-state index contributed by atoms with van der Waals surface area (Å²) in [6.45, 7) is 0. The van der Waals surface area contributed by atoms with Crippen molar-refractivity contribution in [2.45, 2.75) is 12.5 Å². The molecule has 2 amide bonds. The number of hydrogen-bond donors (Lipinski definition) is 3. The molecule has 1 atom stereocenters. The van der Waals surface area contributed by atoms with Crippen LogP contribution < -0.4 is 10.6 Å². The number of aromatic amines is 1. The van der Waals surface area contributed by atoms with Crippen LogP contribution in [0.3, 0.4) is 0 Å². The van der Waals surface area contributed by atoms with Gasteiger partial charge in [-0.25, -0.2) is 0 Å². The first-order chi connectivity index (χ1) is 13.6. The van der Waals surface area contributed by atoms with Gasteiger partial charge in [-0.1, -0.05) is 41.9 Å². The Hall–Kier alpha value is -3.59. The number of carbonyl (C=O) groups is 3. The number of amides is 2. The predicted octanol–water partition coefficient (Wildman–Crippen LogP) is 1.38. The smallest absolute Gasteiger partial charge is 0.313 e. The van der Waals surface area contributed by atoms with Crippen molar-refractivity contribution in [3.63, 3.8) is 0 Å². The Morgan fingerprint density at radius 2 is 1.93 bits per heavy atom. The second-order valence-electron chi connectivity index (χ2n) is 5.79. The Bertz CT molecular complexity index is 978. The minimum absolute atomic E-state index is 0.224. The topological polar surface area (TPSA) is 130 Å². The Morgan fingerprint density at radius 3 is 2.61 bits per heavy atom. The molecule has 0 saturated carbocycles. The van der Waals surface area contributed by atoms with E-state index in [0.717, 1.165) is 5.56 Å². The lowest BCUT2D eigenvalue weighted by molar-refractivity contribution is -0.137. The monoisotopic (exact) mass is 398 g/mol. The summed E-state index contributed by atoms with van der Waals surface area (Å²) in [5.41, 5.74) is 1.52. The quantitative estimate of drug-likeness (QED) is 0.425. The maximum absolute atomic E-state index is 12.3. The van der Waals surface area contributed by atoms with Crippen molar-refractivity contribution < 1.29 is 14.4 Å². The number of aromatic nitrogens is 4. The molecular weight excluding hydrogens is 384 g/mol. The molecule has 0 fully saturated rings. The summed E-state index contributed by atoms with van der Waals surface area (Å²) in [5.74, 6) is -1.68. The molecule has 10 heteroatoms. The van der Waals surface area contributed by atoms with Gasteiger partial charge in [0.2, 0.25) is 5.82 Å². The van der Waals surface area contributed by atoms with Crippen LogP contribution in [0.25, 0.3) is 11.4 Å². The number of aldehydes is 1. The standard InChI is InChI=1S/C18H15ClN6O3/c19-12-6-7-14(16-22-24-25-23-16)15(9-12)21-18(28)17(27)20-13(10-26)8-11-4-2-1-3-5-11/h1-7,9-10,13H,8H2,(H,20,27)(H,21,28)(H,22,23,24,25). The third kappa shape index (κ3) is 4.77. The van der Waals surface area contributed by atoms with Crippen molar-refractivity contribution in [1.29, 1.82) is 0 Å². The van der Waals surface area contributed by atoms with E-state index in [1.807, 2.05) is 30.3 Å². The number of H-pyrrole nitrogens is 1. The number of nitrogens with zero attached hydrogens (tertiary/aromatic N) is 3. The average molecular weight is 399 g/mol. The van der Waals surface area contributed by atoms with Gasteiger partial charge in [0.15, 0.2) is 0 Å². The average Bonchev–Trinajstić information content (AvgIpc) is 3.22. The second kappa shape index (κ2) is 8.87. The van der Waals surface area contributed by atoms with E-state index >= 15 is 0 Å². The molecule has 0 aliphatic heterocycles. The molecule has 1 heterocycles. The van der Waals surface area contributed by atoms with Crippen molar-refractivity contribution in [1.82, 2.24) is 25.9 Å². The highest BCUT2D eigenvalue weighted by molar-refractivity contribution is 6.40. The van der Waals surface area contributed by atoms with E-state index in [1.54, 1.807) is 12.1 Å². The summed E-state index contributed by atoms with van der Waals surface area (Å²) in [5, 5.41) is 18.7. The van der Waals surface area contributed by atoms with E-state index in [1.165, 1.54) is 6.07 Å². The molecule has 3 N–H and O–H groups in total. The maximum Gasteiger partial charge on any atom is 0.313 e. The van der Waals surface area contributed by atoms with E-state index in [9.17, 15) is 14.4 Å². The third-order valence-electron chi connectivity index (χ3n) is 3.80. The molecule has 28 heavy (non-hydrogen) atoms. The van der Waals surface area contributed by atoms with Gasteiger partial charge in [0.05, 0.1) is 11.7 Å². The summed E-state index contributed by atoms with van der Waals surface area (Å²) in [6.07, 6.45) is 0.858. The van der Waals surface area contributed by atoms with E-state index in [2.05, 4.69) is 31.3 Å². The van der Waals surface area contributed by atoms with E-state index in [0.29, 0.717) is 16.9 Å². The van der Waals surface area contributed by atoms with Crippen LogP contribution in [0.4, 0.5) is 5.69 Å². The van der Waals surface area contributed by atoms with Gasteiger partial charge in [0, 0.05) is 10.6 Å². The van der Waals surface area contributed by atoms with E-state index < -0.39 is 17.9 Å². The minimum Gasteiger partial charge on any atom is -0.338 e. The maximum atomic E-state index is 12.3. The Labute approximate surface area is 164 Å². The van der Waals surface area contributed by atoms with Crippen LogP contribution >= 0.6 is 11.6 Å². The number of benzene rings is 2. The number of rotatable bonds is 6. The van der Waals surface area contributed by atoms with Crippen LogP contribution in [-0.4, -0.2) is 44.8 Å². The van der Waals surface area contributed by atoms with Crippen LogP contribution in [0.15, 0.2) is 48.5 Å². The summed E-state index contributed by atoms with van der Waals surface area (Å²) in [7, 11) is 0. The van der Waals surface area contributed by atoms with Gasteiger partial charge >= 0.3 is 11.8 Å². The molecule has 9 nitrogen and oxygen atoms in total. The molecule has 3 aromatic rings. The Balaban J connectivity index is 1.70. The molecule has 0 aliphatic rings. The molecule has 0 spiro atoms. The molecule has 1 aromatic heterocycles. The molecule has 1 unspecified atom stereocenters. The minimum atomic E-state index is -0.952. The van der Waals surface area contributed by atoms with Gasteiger partial charge < -0.3 is 15.4 Å². The number of halogens is 1. The summed E-state index contributed by atoms with van der Waals surface area (Å²) in [4.78, 5) is 35.8. The van der Waals surface area contributed by atoms with Crippen LogP contribution in [-0.2, 0) is 20.8 Å². The zero-order chi connectivity index (χ0) is 19.9. The van der Waals surface area contributed by atoms with Gasteiger partial charge in [0.1, 0.15) is 6.29 Å². The number of tetrazole rings is 1. The molecule has 142 valence electrons. The van der Waals surface area contributed by atoms with Gasteiger partial charge in [-0.3, -0.25) is 9.59 Å². The van der Waals surface area contributed by atoms with E-state index in [-0.39, 0.29) is 17.9 Å². The fraction of sp³-hybridized carbons (Fsp3) is 0.111. The summed E-state index contributed by atoms with van der Waals surface area (Å²) < 4.78 is 0. The van der Waals surface area contributed by atoms with Crippen molar-refractivity contribution in [2.24, 2.45) is 0 Å². The fourth-order valence-electron chi connectivity index (χ4n) is 2.50. The van der Waals surface area contributed by atoms with Gasteiger partial charge in [-0.05, 0) is 35.4 Å². The summed E-state index contributed by atoms with van der Waals surface area (Å²) >= 11 is 5.98. The lowest BCUT2D eigenvalue weighted by atomic mass is 10.1. The van der Waals surface area contributed by atoms with Gasteiger partial charge in [-0.2, -0.15) is 5.21 Å². The van der Waals surface area contributed by atoms with Crippen LogP contribution in [0.5, 0.6) is 0 Å². The first-order valence-electron chi connectivity index (χ1n) is 8.21. The second-order valence-corrected chi connectivity index (χ2v) is 6.22. The van der Waals surface area contributed by atoms with Crippen molar-refractivity contribution in [3.8, 4) is 11.4 Å². The highest BCUT2D eigenvalue weighted by atomic mass is 35.5. The SMILES string of the molecule is O=CC(Cc1ccccc1)NC(=O)C(=O)Nc1cc(Cl)ccc1-c1nn[nH]n1. The predicted molar refractivity (Wildman–Crippen MR) is 101 cm³/mol. The van der Waals surface area contributed by atoms with Crippen molar-refractivity contribution in [2.75, 3.05) is 5.32 Å². The first-order valence-corrected chi connectivity index (χ1v) is 8.59. The molecular formula is C18H15ClN6O3. The molecule has 0 aliphatic carbocycles. The largest absolute Gasteiger partial charge is 0.338 e. The lowest BCUT2D eigenvalue weighted by Crippen LogP contribution is -2.43. The summed E-state index contributed by atoms with van der Waals surface area (Å²) in [6, 6.07) is 12.9. The molecule has 0 radical (unpaired) electrons. The van der Waals surface area contributed by atoms with Gasteiger partial charge in [-0.15, -0.1) is 10.2 Å².